The van der Waals surface area contributed by atoms with E-state index in [-0.39, 0.29) is 17.7 Å². The molecule has 2 saturated heterocycles. The maximum absolute atomic E-state index is 13.0. The largest absolute Gasteiger partial charge is 0.342 e. The second-order valence-corrected chi connectivity index (χ2v) is 8.14. The van der Waals surface area contributed by atoms with Crippen molar-refractivity contribution in [2.75, 3.05) is 24.5 Å². The Balaban J connectivity index is 1.43. The van der Waals surface area contributed by atoms with Crippen molar-refractivity contribution in [2.45, 2.75) is 38.5 Å². The van der Waals surface area contributed by atoms with Gasteiger partial charge in [0.25, 0.3) is 0 Å². The Morgan fingerprint density at radius 3 is 2.60 bits per heavy atom. The number of nitrogens with zero attached hydrogens (tertiary/aromatic N) is 2. The molecule has 1 aromatic rings. The molecule has 134 valence electrons. The number of piperidine rings is 1. The van der Waals surface area contributed by atoms with Crippen LogP contribution in [0.3, 0.4) is 0 Å². The van der Waals surface area contributed by atoms with Crippen molar-refractivity contribution in [3.05, 3.63) is 29.3 Å². The van der Waals surface area contributed by atoms with E-state index in [2.05, 4.69) is 0 Å². The minimum atomic E-state index is -0.232. The van der Waals surface area contributed by atoms with Gasteiger partial charge in [0.2, 0.25) is 11.8 Å². The molecule has 0 spiro atoms. The van der Waals surface area contributed by atoms with Crippen LogP contribution in [0.15, 0.2) is 24.3 Å². The highest BCUT2D eigenvalue weighted by molar-refractivity contribution is 6.33. The number of benzene rings is 1. The fraction of sp³-hybridized carbons (Fsp3) is 0.600. The van der Waals surface area contributed by atoms with Crippen molar-refractivity contribution in [3.8, 4) is 0 Å². The number of carbonyl (C=O) groups excluding carboxylic acids is 2. The average molecular weight is 361 g/mol. The molecular weight excluding hydrogens is 336 g/mol. The Kier molecular flexibility index (Phi) is 4.72. The number of amides is 2. The molecule has 1 aliphatic carbocycles. The zero-order valence-corrected chi connectivity index (χ0v) is 15.3. The molecule has 25 heavy (non-hydrogen) atoms. The quantitative estimate of drug-likeness (QED) is 0.806. The first-order valence-electron chi connectivity index (χ1n) is 9.47. The van der Waals surface area contributed by atoms with Gasteiger partial charge in [0.15, 0.2) is 0 Å². The van der Waals surface area contributed by atoms with Gasteiger partial charge in [-0.05, 0) is 36.8 Å². The van der Waals surface area contributed by atoms with Gasteiger partial charge in [0.05, 0.1) is 16.6 Å². The van der Waals surface area contributed by atoms with Crippen LogP contribution in [0.1, 0.15) is 38.5 Å². The van der Waals surface area contributed by atoms with Crippen LogP contribution in [0, 0.1) is 17.8 Å². The normalized spacial score (nSPS) is 29.6. The van der Waals surface area contributed by atoms with E-state index >= 15 is 0 Å². The van der Waals surface area contributed by atoms with Crippen LogP contribution in [-0.2, 0) is 9.59 Å². The minimum absolute atomic E-state index is 0.000924. The molecule has 5 heteroatoms. The Morgan fingerprint density at radius 2 is 1.80 bits per heavy atom. The zero-order chi connectivity index (χ0) is 17.4. The van der Waals surface area contributed by atoms with E-state index in [0.29, 0.717) is 23.9 Å². The van der Waals surface area contributed by atoms with E-state index in [1.54, 1.807) is 11.0 Å². The molecule has 1 saturated carbocycles. The van der Waals surface area contributed by atoms with Crippen LogP contribution in [0.2, 0.25) is 5.02 Å². The third kappa shape index (κ3) is 3.29. The predicted molar refractivity (Wildman–Crippen MR) is 98.6 cm³/mol. The van der Waals surface area contributed by atoms with Crippen LogP contribution in [0.4, 0.5) is 5.69 Å². The van der Waals surface area contributed by atoms with Crippen molar-refractivity contribution in [1.29, 1.82) is 0 Å². The van der Waals surface area contributed by atoms with Gasteiger partial charge in [-0.25, -0.2) is 0 Å². The third-order valence-electron chi connectivity index (χ3n) is 6.22. The van der Waals surface area contributed by atoms with Crippen molar-refractivity contribution in [2.24, 2.45) is 17.8 Å². The molecule has 4 rings (SSSR count). The predicted octanol–water partition coefficient (Wildman–Crippen LogP) is 3.73. The summed E-state index contributed by atoms with van der Waals surface area (Å²) in [5.74, 6) is 1.40. The third-order valence-corrected chi connectivity index (χ3v) is 6.54. The van der Waals surface area contributed by atoms with Gasteiger partial charge in [-0.2, -0.15) is 0 Å². The van der Waals surface area contributed by atoms with Crippen LogP contribution < -0.4 is 4.90 Å². The lowest BCUT2D eigenvalue weighted by Crippen LogP contribution is -2.47. The van der Waals surface area contributed by atoms with E-state index in [1.165, 1.54) is 25.7 Å². The number of hydrogen-bond acceptors (Lipinski definition) is 2. The van der Waals surface area contributed by atoms with E-state index in [4.69, 9.17) is 11.6 Å². The Labute approximate surface area is 154 Å². The molecule has 2 amide bonds. The van der Waals surface area contributed by atoms with Gasteiger partial charge in [-0.3, -0.25) is 9.59 Å². The number of likely N-dealkylation sites (tertiary alicyclic amines) is 1. The van der Waals surface area contributed by atoms with Crippen LogP contribution in [-0.4, -0.2) is 36.3 Å². The highest BCUT2D eigenvalue weighted by Crippen LogP contribution is 2.37. The van der Waals surface area contributed by atoms with Gasteiger partial charge >= 0.3 is 0 Å². The van der Waals surface area contributed by atoms with E-state index in [1.807, 2.05) is 23.1 Å². The second-order valence-electron chi connectivity index (χ2n) is 7.73. The summed E-state index contributed by atoms with van der Waals surface area (Å²) in [6.45, 7) is 2.20. The zero-order valence-electron chi connectivity index (χ0n) is 14.5. The molecule has 3 aliphatic rings. The molecule has 2 heterocycles. The number of fused-ring (bicyclic) bond motifs is 1. The Hall–Kier alpha value is -1.55. The summed E-state index contributed by atoms with van der Waals surface area (Å²) >= 11 is 6.23. The molecular formula is C20H25ClN2O2. The van der Waals surface area contributed by atoms with Gasteiger partial charge in [0, 0.05) is 26.1 Å². The maximum atomic E-state index is 13.0. The van der Waals surface area contributed by atoms with Crippen LogP contribution in [0.25, 0.3) is 0 Å². The lowest BCUT2D eigenvalue weighted by Gasteiger charge is -2.42. The lowest BCUT2D eigenvalue weighted by atomic mass is 9.75. The Morgan fingerprint density at radius 1 is 1.04 bits per heavy atom. The number of carbonyl (C=O) groups is 2. The van der Waals surface area contributed by atoms with Crippen molar-refractivity contribution >= 4 is 29.1 Å². The summed E-state index contributed by atoms with van der Waals surface area (Å²) in [6, 6.07) is 7.36. The van der Waals surface area contributed by atoms with Gasteiger partial charge in [0.1, 0.15) is 0 Å². The molecule has 1 aromatic carbocycles. The molecule has 0 N–H and O–H groups in total. The first kappa shape index (κ1) is 16.9. The summed E-state index contributed by atoms with van der Waals surface area (Å²) in [7, 11) is 0. The topological polar surface area (TPSA) is 40.6 Å². The SMILES string of the molecule is O=C(C1CC(=O)N(c2ccccc2Cl)C1)N1CCC2CCCCC2C1. The molecule has 3 fully saturated rings. The molecule has 3 unspecified atom stereocenters. The standard InChI is InChI=1S/C20H25ClN2O2/c21-17-7-3-4-8-18(17)23-13-16(11-19(23)24)20(25)22-10-9-14-5-1-2-6-15(14)12-22/h3-4,7-8,14-16H,1-2,5-6,9-13H2. The summed E-state index contributed by atoms with van der Waals surface area (Å²) in [6.07, 6.45) is 6.66. The monoisotopic (exact) mass is 360 g/mol. The summed E-state index contributed by atoms with van der Waals surface area (Å²) in [4.78, 5) is 29.2. The van der Waals surface area contributed by atoms with Crippen molar-refractivity contribution in [3.63, 3.8) is 0 Å². The molecule has 0 radical (unpaired) electrons. The molecule has 4 nitrogen and oxygen atoms in total. The highest BCUT2D eigenvalue weighted by atomic mass is 35.5. The molecule has 3 atom stereocenters. The highest BCUT2D eigenvalue weighted by Gasteiger charge is 2.40. The summed E-state index contributed by atoms with van der Waals surface area (Å²) in [5, 5.41) is 0.562. The summed E-state index contributed by atoms with van der Waals surface area (Å²) in [5.41, 5.74) is 0.718. The first-order valence-corrected chi connectivity index (χ1v) is 9.85. The summed E-state index contributed by atoms with van der Waals surface area (Å²) < 4.78 is 0. The molecule has 0 bridgehead atoms. The minimum Gasteiger partial charge on any atom is -0.342 e. The van der Waals surface area contributed by atoms with Gasteiger partial charge in [-0.1, -0.05) is 43.0 Å². The van der Waals surface area contributed by atoms with Crippen molar-refractivity contribution in [1.82, 2.24) is 4.90 Å². The van der Waals surface area contributed by atoms with Gasteiger partial charge < -0.3 is 9.80 Å². The smallest absolute Gasteiger partial charge is 0.228 e. The van der Waals surface area contributed by atoms with E-state index in [0.717, 1.165) is 31.1 Å². The van der Waals surface area contributed by atoms with E-state index < -0.39 is 0 Å². The number of halogens is 1. The number of hydrogen-bond donors (Lipinski definition) is 0. The fourth-order valence-corrected chi connectivity index (χ4v) is 5.07. The first-order chi connectivity index (χ1) is 12.1. The number of anilines is 1. The van der Waals surface area contributed by atoms with Crippen LogP contribution >= 0.6 is 11.6 Å². The molecule has 0 aromatic heterocycles. The number of para-hydroxylation sites is 1. The van der Waals surface area contributed by atoms with E-state index in [9.17, 15) is 9.59 Å². The lowest BCUT2D eigenvalue weighted by molar-refractivity contribution is -0.138. The van der Waals surface area contributed by atoms with Crippen LogP contribution in [0.5, 0.6) is 0 Å². The maximum Gasteiger partial charge on any atom is 0.228 e. The fourth-order valence-electron chi connectivity index (χ4n) is 4.84. The number of rotatable bonds is 2. The van der Waals surface area contributed by atoms with Gasteiger partial charge in [-0.15, -0.1) is 0 Å². The Bertz CT molecular complexity index is 677. The van der Waals surface area contributed by atoms with Crippen molar-refractivity contribution < 1.29 is 9.59 Å². The average Bonchev–Trinajstić information content (AvgIpc) is 3.02. The second kappa shape index (κ2) is 6.99. The molecule has 2 aliphatic heterocycles.